The van der Waals surface area contributed by atoms with Crippen LogP contribution >= 0.6 is 0 Å². The zero-order valence-corrected chi connectivity index (χ0v) is 37.8. The van der Waals surface area contributed by atoms with Crippen molar-refractivity contribution in [2.75, 3.05) is 48.9 Å². The van der Waals surface area contributed by atoms with Crippen molar-refractivity contribution in [3.05, 3.63) is 113 Å². The zero-order chi connectivity index (χ0) is 46.7. The van der Waals surface area contributed by atoms with Crippen LogP contribution in [0.15, 0.2) is 73.1 Å². The second-order valence-electron chi connectivity index (χ2n) is 18.7. The third-order valence-corrected chi connectivity index (χ3v) is 15.9. The predicted octanol–water partition coefficient (Wildman–Crippen LogP) is 6.69. The molecule has 0 unspecified atom stereocenters. The lowest BCUT2D eigenvalue weighted by molar-refractivity contribution is -0.136. The Morgan fingerprint density at radius 2 is 1.69 bits per heavy atom. The Bertz CT molecular complexity index is 2910. The maximum atomic E-state index is 15.8. The summed E-state index contributed by atoms with van der Waals surface area (Å²) in [4.78, 5) is 65.1. The molecule has 2 aromatic heterocycles. The maximum absolute atomic E-state index is 15.8. The van der Waals surface area contributed by atoms with Crippen LogP contribution in [0.25, 0.3) is 22.2 Å². The summed E-state index contributed by atoms with van der Waals surface area (Å²) >= 11 is 0. The number of carbonyl (C=O) groups is 4. The monoisotopic (exact) mass is 936 g/mol. The number of halogens is 3. The minimum Gasteiger partial charge on any atom is -0.369 e. The van der Waals surface area contributed by atoms with Crippen LogP contribution in [-0.2, 0) is 26.3 Å². The van der Waals surface area contributed by atoms with Crippen molar-refractivity contribution in [1.29, 1.82) is 0 Å². The molecule has 3 N–H and O–H groups in total. The third kappa shape index (κ3) is 8.70. The summed E-state index contributed by atoms with van der Waals surface area (Å²) in [6, 6.07) is 17.4. The Balaban J connectivity index is 0.742. The van der Waals surface area contributed by atoms with E-state index >= 15 is 8.78 Å². The molecule has 0 spiro atoms. The summed E-state index contributed by atoms with van der Waals surface area (Å²) in [5.41, 5.74) is 4.17. The lowest BCUT2D eigenvalue weighted by Crippen LogP contribution is -2.52. The van der Waals surface area contributed by atoms with Gasteiger partial charge in [0.1, 0.15) is 23.7 Å². The average molecular weight is 937 g/mol. The number of alkyl halides is 1. The number of hydrogen-bond acceptors (Lipinski definition) is 9. The number of piperidine rings is 3. The molecule has 3 amide bonds. The Hall–Kier alpha value is -6.11. The first kappa shape index (κ1) is 44.7. The molecule has 14 nitrogen and oxygen atoms in total. The fraction of sp³-hybridized carbons (Fsp3) is 0.408. The van der Waals surface area contributed by atoms with Gasteiger partial charge in [-0.25, -0.2) is 18.2 Å². The number of ketones is 1. The summed E-state index contributed by atoms with van der Waals surface area (Å²) in [6.45, 7) is 6.14. The molecular weight excluding hydrogens is 886 g/mol. The topological polar surface area (TPSA) is 168 Å². The van der Waals surface area contributed by atoms with Gasteiger partial charge >= 0.3 is 10.2 Å². The Morgan fingerprint density at radius 3 is 2.42 bits per heavy atom. The molecule has 0 saturated carbocycles. The number of hydrogen-bond donors (Lipinski definition) is 3. The highest BCUT2D eigenvalue weighted by molar-refractivity contribution is 7.90. The summed E-state index contributed by atoms with van der Waals surface area (Å²) in [5.74, 6) is -3.42. The summed E-state index contributed by atoms with van der Waals surface area (Å²) in [7, 11) is -4.36. The minimum atomic E-state index is -4.36. The number of pyridine rings is 1. The van der Waals surface area contributed by atoms with Gasteiger partial charge in [-0.1, -0.05) is 24.3 Å². The van der Waals surface area contributed by atoms with Crippen LogP contribution in [0.4, 0.5) is 24.5 Å². The molecule has 18 heteroatoms. The molecule has 0 radical (unpaired) electrons. The molecule has 4 saturated heterocycles. The summed E-state index contributed by atoms with van der Waals surface area (Å²) < 4.78 is 73.2. The molecule has 3 aromatic carbocycles. The first-order valence-corrected chi connectivity index (χ1v) is 24.4. The van der Waals surface area contributed by atoms with Gasteiger partial charge in [0.25, 0.3) is 5.91 Å². The zero-order valence-electron chi connectivity index (χ0n) is 36.9. The molecular formula is C49H51F3N8O6S. The lowest BCUT2D eigenvalue weighted by Gasteiger charge is -2.42. The van der Waals surface area contributed by atoms with Crippen molar-refractivity contribution in [3.8, 4) is 11.1 Å². The number of aromatic nitrogens is 2. The van der Waals surface area contributed by atoms with Crippen molar-refractivity contribution >= 4 is 56.1 Å². The standard InChI is InChI=1S/C49H51F3N8O6S/c1-28-20-29(25-57-16-13-31(14-17-57)32-4-7-37-34(21-32)26-60(49(37)64)42-10-11-43(61)55-48(42)63)12-19-59(28)36-5-2-30(3-6-36)33-22-38-39(24-54-47(38)53-23-33)46(62)44-40(51)8-9-41(45(44)52)56-67(65,66)58-18-15-35(50)27-58/h2-9,21-24,28-29,31,35,42,56H,10-20,25-27H2,1H3,(H,53,54)(H,55,61,63)/t28-,29-,35+,42+/m0/s1. The first-order chi connectivity index (χ1) is 32.2. The minimum absolute atomic E-state index is 0.00388. The second kappa shape index (κ2) is 17.8. The molecule has 0 bridgehead atoms. The van der Waals surface area contributed by atoms with Gasteiger partial charge in [-0.3, -0.25) is 29.2 Å². The van der Waals surface area contributed by atoms with Crippen molar-refractivity contribution < 1.29 is 40.8 Å². The van der Waals surface area contributed by atoms with E-state index < -0.39 is 57.0 Å². The lowest BCUT2D eigenvalue weighted by atomic mass is 9.86. The fourth-order valence-corrected chi connectivity index (χ4v) is 12.0. The maximum Gasteiger partial charge on any atom is 0.301 e. The van der Waals surface area contributed by atoms with Gasteiger partial charge in [-0.05, 0) is 123 Å². The number of nitrogens with zero attached hydrogens (tertiary/aromatic N) is 5. The van der Waals surface area contributed by atoms with E-state index in [1.54, 1.807) is 17.2 Å². The first-order valence-electron chi connectivity index (χ1n) is 23.0. The van der Waals surface area contributed by atoms with Gasteiger partial charge in [0.05, 0.1) is 11.3 Å². The van der Waals surface area contributed by atoms with E-state index in [4.69, 9.17) is 0 Å². The number of benzene rings is 3. The molecule has 10 rings (SSSR count). The van der Waals surface area contributed by atoms with Gasteiger partial charge in [0.15, 0.2) is 5.82 Å². The van der Waals surface area contributed by atoms with E-state index in [9.17, 15) is 32.0 Å². The molecule has 4 fully saturated rings. The quantitative estimate of drug-likeness (QED) is 0.0967. The normalized spacial score (nSPS) is 23.3. The van der Waals surface area contributed by atoms with Gasteiger partial charge in [0, 0.05) is 85.3 Å². The molecule has 4 atom stereocenters. The van der Waals surface area contributed by atoms with Gasteiger partial charge in [0.2, 0.25) is 17.6 Å². The molecule has 5 aliphatic rings. The molecule has 350 valence electrons. The predicted molar refractivity (Wildman–Crippen MR) is 245 cm³/mol. The summed E-state index contributed by atoms with van der Waals surface area (Å²) in [6.07, 6.45) is 6.41. The van der Waals surface area contributed by atoms with E-state index in [-0.39, 0.29) is 43.3 Å². The Kier molecular flexibility index (Phi) is 11.9. The molecule has 5 aromatic rings. The highest BCUT2D eigenvalue weighted by Gasteiger charge is 2.40. The molecule has 67 heavy (non-hydrogen) atoms. The molecule has 5 aliphatic heterocycles. The van der Waals surface area contributed by atoms with E-state index in [1.165, 1.54) is 11.8 Å². The molecule has 7 heterocycles. The number of imide groups is 1. The number of anilines is 2. The smallest absolute Gasteiger partial charge is 0.301 e. The highest BCUT2D eigenvalue weighted by Crippen LogP contribution is 2.37. The third-order valence-electron chi connectivity index (χ3n) is 14.4. The van der Waals surface area contributed by atoms with Crippen LogP contribution in [-0.4, -0.2) is 114 Å². The highest BCUT2D eigenvalue weighted by atomic mass is 32.2. The van der Waals surface area contributed by atoms with E-state index in [0.717, 1.165) is 85.1 Å². The van der Waals surface area contributed by atoms with E-state index in [0.29, 0.717) is 53.0 Å². The van der Waals surface area contributed by atoms with Crippen LogP contribution in [0, 0.1) is 17.6 Å². The Labute approximate surface area is 386 Å². The number of amides is 3. The largest absolute Gasteiger partial charge is 0.369 e. The number of carbonyl (C=O) groups excluding carboxylic acids is 4. The van der Waals surface area contributed by atoms with Crippen molar-refractivity contribution in [2.24, 2.45) is 5.92 Å². The van der Waals surface area contributed by atoms with E-state index in [1.807, 2.05) is 22.9 Å². The van der Waals surface area contributed by atoms with Crippen LogP contribution in [0.5, 0.6) is 0 Å². The number of aromatic amines is 1. The van der Waals surface area contributed by atoms with Gasteiger partial charge in [-0.15, -0.1) is 0 Å². The molecule has 0 aliphatic carbocycles. The van der Waals surface area contributed by atoms with Crippen molar-refractivity contribution in [3.63, 3.8) is 0 Å². The van der Waals surface area contributed by atoms with Crippen LogP contribution in [0.2, 0.25) is 0 Å². The summed E-state index contributed by atoms with van der Waals surface area (Å²) in [5, 5.41) is 2.71. The average Bonchev–Trinajstić information content (AvgIpc) is 4.04. The number of fused-ring (bicyclic) bond motifs is 2. The fourth-order valence-electron chi connectivity index (χ4n) is 10.8. The van der Waals surface area contributed by atoms with Crippen molar-refractivity contribution in [1.82, 2.24) is 29.4 Å². The van der Waals surface area contributed by atoms with Crippen LogP contribution in [0.3, 0.4) is 0 Å². The Morgan fingerprint density at radius 1 is 0.896 bits per heavy atom. The number of rotatable bonds is 11. The van der Waals surface area contributed by atoms with E-state index in [2.05, 4.69) is 56.3 Å². The van der Waals surface area contributed by atoms with Gasteiger partial charge in [-0.2, -0.15) is 12.7 Å². The second-order valence-corrected chi connectivity index (χ2v) is 20.3. The number of likely N-dealkylation sites (tertiary alicyclic amines) is 1. The van der Waals surface area contributed by atoms with Crippen LogP contribution in [0.1, 0.15) is 95.2 Å². The van der Waals surface area contributed by atoms with Gasteiger partial charge < -0.3 is 19.7 Å². The van der Waals surface area contributed by atoms with Crippen molar-refractivity contribution in [2.45, 2.75) is 82.6 Å². The van der Waals surface area contributed by atoms with Crippen LogP contribution < -0.4 is 14.9 Å². The number of H-pyrrole nitrogens is 1. The SMILES string of the molecule is C[C@H]1C[C@@H](CN2CCC(c3ccc4c(c3)CN([C@@H]3CCC(=O)NC3=O)C4=O)CC2)CCN1c1ccc(-c2cnc3[nH]cc(C(=O)c4c(F)ccc(NS(=O)(=O)N5CC[C@@H](F)C5)c4F)c3c2)cc1. The number of nitrogens with one attached hydrogen (secondary N) is 3.